The van der Waals surface area contributed by atoms with Crippen molar-refractivity contribution in [2.45, 2.75) is 9.24 Å². The second kappa shape index (κ2) is 3.93. The van der Waals surface area contributed by atoms with Crippen LogP contribution in [-0.2, 0) is 0 Å². The highest BCUT2D eigenvalue weighted by Crippen LogP contribution is 2.33. The van der Waals surface area contributed by atoms with Gasteiger partial charge in [-0.15, -0.1) is 0 Å². The standard InChI is InChI=1S/C8H6FN3S2/c9-5-2-1-3-6(7(5)10)13-8-11-4-12-14-8/h1-4H,10H2. The van der Waals surface area contributed by atoms with Crippen LogP contribution in [0.2, 0.25) is 0 Å². The van der Waals surface area contributed by atoms with Gasteiger partial charge in [0.15, 0.2) is 4.34 Å². The first-order valence-electron chi connectivity index (χ1n) is 3.76. The molecule has 1 aromatic carbocycles. The Labute approximate surface area is 88.3 Å². The summed E-state index contributed by atoms with van der Waals surface area (Å²) in [6, 6.07) is 4.71. The lowest BCUT2D eigenvalue weighted by molar-refractivity contribution is 0.629. The molecule has 0 aliphatic carbocycles. The molecule has 0 amide bonds. The Balaban J connectivity index is 2.29. The van der Waals surface area contributed by atoms with Crippen LogP contribution in [0, 0.1) is 5.82 Å². The molecular formula is C8H6FN3S2. The third-order valence-electron chi connectivity index (χ3n) is 1.55. The number of nitrogen functional groups attached to an aromatic ring is 1. The Hall–Kier alpha value is -1.14. The Bertz CT molecular complexity index is 430. The highest BCUT2D eigenvalue weighted by molar-refractivity contribution is 8.01. The molecule has 0 unspecified atom stereocenters. The normalized spacial score (nSPS) is 10.4. The SMILES string of the molecule is Nc1c(F)cccc1Sc1ncns1. The summed E-state index contributed by atoms with van der Waals surface area (Å²) in [5.74, 6) is -0.403. The summed E-state index contributed by atoms with van der Waals surface area (Å²) >= 11 is 2.57. The van der Waals surface area contributed by atoms with Gasteiger partial charge >= 0.3 is 0 Å². The summed E-state index contributed by atoms with van der Waals surface area (Å²) in [4.78, 5) is 4.64. The molecule has 0 saturated carbocycles. The van der Waals surface area contributed by atoms with Gasteiger partial charge in [0.1, 0.15) is 12.1 Å². The molecule has 0 fully saturated rings. The second-order valence-corrected chi connectivity index (χ2v) is 4.53. The van der Waals surface area contributed by atoms with E-state index in [-0.39, 0.29) is 5.69 Å². The largest absolute Gasteiger partial charge is 0.395 e. The average Bonchev–Trinajstić information content (AvgIpc) is 2.66. The van der Waals surface area contributed by atoms with Crippen molar-refractivity contribution in [1.82, 2.24) is 9.36 Å². The van der Waals surface area contributed by atoms with Crippen molar-refractivity contribution in [2.75, 3.05) is 5.73 Å². The summed E-state index contributed by atoms with van der Waals surface area (Å²) in [7, 11) is 0. The van der Waals surface area contributed by atoms with Crippen LogP contribution in [0.4, 0.5) is 10.1 Å². The van der Waals surface area contributed by atoms with Crippen LogP contribution >= 0.6 is 23.3 Å². The maximum atomic E-state index is 13.0. The Morgan fingerprint density at radius 3 is 3.00 bits per heavy atom. The van der Waals surface area contributed by atoms with E-state index in [4.69, 9.17) is 5.73 Å². The zero-order valence-corrected chi connectivity index (χ0v) is 8.61. The molecule has 14 heavy (non-hydrogen) atoms. The zero-order valence-electron chi connectivity index (χ0n) is 6.98. The summed E-state index contributed by atoms with van der Waals surface area (Å²) in [5, 5.41) is 0. The highest BCUT2D eigenvalue weighted by Gasteiger charge is 2.07. The van der Waals surface area contributed by atoms with Gasteiger partial charge in [0.25, 0.3) is 0 Å². The van der Waals surface area contributed by atoms with Gasteiger partial charge in [-0.3, -0.25) is 0 Å². The minimum absolute atomic E-state index is 0.160. The van der Waals surface area contributed by atoms with Crippen LogP contribution in [0.25, 0.3) is 0 Å². The number of aromatic nitrogens is 2. The van der Waals surface area contributed by atoms with Crippen LogP contribution in [0.15, 0.2) is 33.8 Å². The summed E-state index contributed by atoms with van der Waals surface area (Å²) in [6.07, 6.45) is 1.46. The number of anilines is 1. The lowest BCUT2D eigenvalue weighted by Crippen LogP contribution is -1.92. The van der Waals surface area contributed by atoms with Gasteiger partial charge in [-0.05, 0) is 23.7 Å². The lowest BCUT2D eigenvalue weighted by atomic mass is 10.3. The second-order valence-electron chi connectivity index (χ2n) is 2.46. The van der Waals surface area contributed by atoms with E-state index in [1.807, 2.05) is 0 Å². The molecule has 0 aliphatic rings. The summed E-state index contributed by atoms with van der Waals surface area (Å²) < 4.78 is 17.6. The fourth-order valence-corrected chi connectivity index (χ4v) is 2.38. The van der Waals surface area contributed by atoms with E-state index in [0.29, 0.717) is 4.90 Å². The molecule has 0 radical (unpaired) electrons. The van der Waals surface area contributed by atoms with E-state index in [9.17, 15) is 4.39 Å². The summed E-state index contributed by atoms with van der Waals surface area (Å²) in [6.45, 7) is 0. The predicted molar refractivity (Wildman–Crippen MR) is 54.8 cm³/mol. The van der Waals surface area contributed by atoms with Crippen LogP contribution in [0.5, 0.6) is 0 Å². The molecule has 72 valence electrons. The van der Waals surface area contributed by atoms with Crippen LogP contribution in [0.3, 0.4) is 0 Å². The quantitative estimate of drug-likeness (QED) is 0.800. The number of halogens is 1. The van der Waals surface area contributed by atoms with Crippen LogP contribution < -0.4 is 5.73 Å². The van der Waals surface area contributed by atoms with Crippen molar-refractivity contribution < 1.29 is 4.39 Å². The van der Waals surface area contributed by atoms with Gasteiger partial charge in [0.05, 0.1) is 5.69 Å². The first kappa shape index (κ1) is 9.42. The molecule has 0 spiro atoms. The molecule has 1 heterocycles. The molecular weight excluding hydrogens is 221 g/mol. The first-order valence-corrected chi connectivity index (χ1v) is 5.35. The fraction of sp³-hybridized carbons (Fsp3) is 0. The molecule has 2 rings (SSSR count). The van der Waals surface area contributed by atoms with E-state index >= 15 is 0 Å². The van der Waals surface area contributed by atoms with Crippen molar-refractivity contribution in [3.8, 4) is 0 Å². The number of nitrogens with two attached hydrogens (primary N) is 1. The molecule has 0 atom stereocenters. The Morgan fingerprint density at radius 2 is 2.29 bits per heavy atom. The highest BCUT2D eigenvalue weighted by atomic mass is 32.2. The monoisotopic (exact) mass is 227 g/mol. The molecule has 2 aromatic rings. The number of nitrogens with zero attached hydrogens (tertiary/aromatic N) is 2. The van der Waals surface area contributed by atoms with Crippen molar-refractivity contribution in [2.24, 2.45) is 0 Å². The Kier molecular flexibility index (Phi) is 2.64. The maximum absolute atomic E-state index is 13.0. The smallest absolute Gasteiger partial charge is 0.174 e. The zero-order chi connectivity index (χ0) is 9.97. The van der Waals surface area contributed by atoms with Gasteiger partial charge in [0, 0.05) is 4.90 Å². The lowest BCUT2D eigenvalue weighted by Gasteiger charge is -2.02. The third-order valence-corrected chi connectivity index (χ3v) is 3.34. The van der Waals surface area contributed by atoms with E-state index in [0.717, 1.165) is 4.34 Å². The molecule has 0 saturated heterocycles. The number of para-hydroxylation sites is 1. The van der Waals surface area contributed by atoms with Crippen molar-refractivity contribution >= 4 is 29.0 Å². The Morgan fingerprint density at radius 1 is 1.43 bits per heavy atom. The van der Waals surface area contributed by atoms with Gasteiger partial charge in [-0.2, -0.15) is 4.37 Å². The average molecular weight is 227 g/mol. The molecule has 0 bridgehead atoms. The van der Waals surface area contributed by atoms with E-state index < -0.39 is 5.82 Å². The molecule has 0 aliphatic heterocycles. The predicted octanol–water partition coefficient (Wildman–Crippen LogP) is 2.41. The van der Waals surface area contributed by atoms with Crippen molar-refractivity contribution in [3.63, 3.8) is 0 Å². The topological polar surface area (TPSA) is 51.8 Å². The number of hydrogen-bond donors (Lipinski definition) is 1. The molecule has 3 nitrogen and oxygen atoms in total. The number of benzene rings is 1. The summed E-state index contributed by atoms with van der Waals surface area (Å²) in [5.41, 5.74) is 5.72. The van der Waals surface area contributed by atoms with Crippen LogP contribution in [-0.4, -0.2) is 9.36 Å². The van der Waals surface area contributed by atoms with Gasteiger partial charge in [0.2, 0.25) is 0 Å². The van der Waals surface area contributed by atoms with Crippen molar-refractivity contribution in [1.29, 1.82) is 0 Å². The minimum atomic E-state index is -0.403. The van der Waals surface area contributed by atoms with Crippen molar-refractivity contribution in [3.05, 3.63) is 30.3 Å². The first-order chi connectivity index (χ1) is 6.77. The number of hydrogen-bond acceptors (Lipinski definition) is 5. The van der Waals surface area contributed by atoms with Gasteiger partial charge in [-0.1, -0.05) is 17.8 Å². The van der Waals surface area contributed by atoms with E-state index in [1.165, 1.54) is 35.7 Å². The third kappa shape index (κ3) is 1.85. The van der Waals surface area contributed by atoms with Crippen LogP contribution in [0.1, 0.15) is 0 Å². The van der Waals surface area contributed by atoms with E-state index in [2.05, 4.69) is 9.36 Å². The molecule has 6 heteroatoms. The fourth-order valence-electron chi connectivity index (χ4n) is 0.908. The molecule has 2 N–H and O–H groups in total. The number of rotatable bonds is 2. The molecule has 1 aromatic heterocycles. The van der Waals surface area contributed by atoms with E-state index in [1.54, 1.807) is 12.1 Å². The van der Waals surface area contributed by atoms with Gasteiger partial charge < -0.3 is 5.73 Å². The van der Waals surface area contributed by atoms with Gasteiger partial charge in [-0.25, -0.2) is 9.37 Å². The maximum Gasteiger partial charge on any atom is 0.174 e. The minimum Gasteiger partial charge on any atom is -0.395 e.